The second-order valence-electron chi connectivity index (χ2n) is 4.33. The van der Waals surface area contributed by atoms with E-state index in [9.17, 15) is 10.4 Å². The third-order valence-electron chi connectivity index (χ3n) is 3.16. The van der Waals surface area contributed by atoms with Gasteiger partial charge in [-0.05, 0) is 35.2 Å². The SMILES string of the molecule is C=C(O)c1ccc(-c2ccccc2C#N)c(CC)c1.CC. The highest BCUT2D eigenvalue weighted by molar-refractivity contribution is 5.75. The van der Waals surface area contributed by atoms with Gasteiger partial charge in [-0.2, -0.15) is 5.26 Å². The van der Waals surface area contributed by atoms with Crippen LogP contribution in [-0.4, -0.2) is 5.11 Å². The molecule has 0 bridgehead atoms. The largest absolute Gasteiger partial charge is 0.508 e. The minimum atomic E-state index is 0.0646. The fourth-order valence-electron chi connectivity index (χ4n) is 2.14. The van der Waals surface area contributed by atoms with E-state index < -0.39 is 0 Å². The molecule has 0 saturated heterocycles. The molecule has 2 aromatic rings. The summed E-state index contributed by atoms with van der Waals surface area (Å²) in [7, 11) is 0. The minimum Gasteiger partial charge on any atom is -0.508 e. The van der Waals surface area contributed by atoms with Crippen molar-refractivity contribution in [3.05, 3.63) is 65.7 Å². The molecule has 2 heteroatoms. The smallest absolute Gasteiger partial charge is 0.115 e. The molecule has 0 aliphatic carbocycles. The summed E-state index contributed by atoms with van der Waals surface area (Å²) in [6.45, 7) is 9.59. The Kier molecular flexibility index (Phi) is 6.23. The van der Waals surface area contributed by atoms with Crippen molar-refractivity contribution in [2.45, 2.75) is 27.2 Å². The molecule has 0 amide bonds. The number of benzene rings is 2. The van der Waals surface area contributed by atoms with E-state index >= 15 is 0 Å². The highest BCUT2D eigenvalue weighted by Crippen LogP contribution is 2.29. The average Bonchev–Trinajstić information content (AvgIpc) is 2.56. The summed E-state index contributed by atoms with van der Waals surface area (Å²) < 4.78 is 0. The monoisotopic (exact) mass is 279 g/mol. The van der Waals surface area contributed by atoms with Crippen LogP contribution >= 0.6 is 0 Å². The van der Waals surface area contributed by atoms with Crippen molar-refractivity contribution in [2.24, 2.45) is 0 Å². The van der Waals surface area contributed by atoms with Crippen LogP contribution in [0.1, 0.15) is 37.5 Å². The van der Waals surface area contributed by atoms with Gasteiger partial charge in [0.25, 0.3) is 0 Å². The standard InChI is InChI=1S/C17H15NO.C2H6/c1-3-13-10-14(12(2)19)8-9-17(13)16-7-5-4-6-15(16)11-18;1-2/h4-10,19H,2-3H2,1H3;1-2H3. The normalized spacial score (nSPS) is 9.24. The van der Waals surface area contributed by atoms with Gasteiger partial charge < -0.3 is 5.11 Å². The molecule has 108 valence electrons. The van der Waals surface area contributed by atoms with Crippen molar-refractivity contribution in [1.82, 2.24) is 0 Å². The maximum atomic E-state index is 9.46. The number of nitriles is 1. The molecule has 0 fully saturated rings. The number of aliphatic hydroxyl groups is 1. The second kappa shape index (κ2) is 7.91. The summed E-state index contributed by atoms with van der Waals surface area (Å²) in [4.78, 5) is 0. The van der Waals surface area contributed by atoms with E-state index in [0.29, 0.717) is 5.56 Å². The van der Waals surface area contributed by atoms with Crippen LogP contribution in [0.3, 0.4) is 0 Å². The predicted molar refractivity (Wildman–Crippen MR) is 89.0 cm³/mol. The molecular formula is C19H21NO. The van der Waals surface area contributed by atoms with Gasteiger partial charge in [0.05, 0.1) is 11.6 Å². The molecule has 2 rings (SSSR count). The summed E-state index contributed by atoms with van der Waals surface area (Å²) >= 11 is 0. The van der Waals surface area contributed by atoms with E-state index in [2.05, 4.69) is 19.6 Å². The predicted octanol–water partition coefficient (Wildman–Crippen LogP) is 5.34. The summed E-state index contributed by atoms with van der Waals surface area (Å²) in [6.07, 6.45) is 0.830. The van der Waals surface area contributed by atoms with Crippen molar-refractivity contribution in [3.63, 3.8) is 0 Å². The van der Waals surface area contributed by atoms with Crippen molar-refractivity contribution in [2.75, 3.05) is 0 Å². The summed E-state index contributed by atoms with van der Waals surface area (Å²) in [6, 6.07) is 15.4. The molecule has 0 aliphatic heterocycles. The first-order valence-electron chi connectivity index (χ1n) is 7.18. The van der Waals surface area contributed by atoms with E-state index in [0.717, 1.165) is 28.7 Å². The number of nitrogens with zero attached hydrogens (tertiary/aromatic N) is 1. The Labute approximate surface area is 127 Å². The molecule has 0 radical (unpaired) electrons. The van der Waals surface area contributed by atoms with Crippen molar-refractivity contribution in [1.29, 1.82) is 5.26 Å². The Hall–Kier alpha value is -2.53. The van der Waals surface area contributed by atoms with E-state index in [-0.39, 0.29) is 5.76 Å². The van der Waals surface area contributed by atoms with Gasteiger partial charge in [0, 0.05) is 5.56 Å². The Morgan fingerprint density at radius 2 is 1.81 bits per heavy atom. The molecule has 0 aromatic heterocycles. The van der Waals surface area contributed by atoms with Gasteiger partial charge in [0.1, 0.15) is 5.76 Å². The van der Waals surface area contributed by atoms with Crippen LogP contribution in [0.15, 0.2) is 49.0 Å². The van der Waals surface area contributed by atoms with Crippen LogP contribution in [0, 0.1) is 11.3 Å². The lowest BCUT2D eigenvalue weighted by Crippen LogP contribution is -1.93. The van der Waals surface area contributed by atoms with Gasteiger partial charge in [0.2, 0.25) is 0 Å². The number of aliphatic hydroxyl groups excluding tert-OH is 1. The molecule has 0 saturated carbocycles. The minimum absolute atomic E-state index is 0.0646. The zero-order valence-electron chi connectivity index (χ0n) is 12.9. The lowest BCUT2D eigenvalue weighted by Gasteiger charge is -2.11. The van der Waals surface area contributed by atoms with E-state index in [1.807, 2.05) is 56.3 Å². The number of aryl methyl sites for hydroxylation is 1. The average molecular weight is 279 g/mol. The maximum absolute atomic E-state index is 9.46. The molecule has 0 unspecified atom stereocenters. The van der Waals surface area contributed by atoms with E-state index in [1.54, 1.807) is 0 Å². The Balaban J connectivity index is 0.00000106. The summed E-state index contributed by atoms with van der Waals surface area (Å²) in [5, 5.41) is 18.6. The molecule has 1 N–H and O–H groups in total. The Morgan fingerprint density at radius 1 is 1.14 bits per heavy atom. The topological polar surface area (TPSA) is 44.0 Å². The molecule has 0 spiro atoms. The second-order valence-corrected chi connectivity index (χ2v) is 4.33. The first kappa shape index (κ1) is 16.5. The maximum Gasteiger partial charge on any atom is 0.115 e. The van der Waals surface area contributed by atoms with Gasteiger partial charge in [0.15, 0.2) is 0 Å². The van der Waals surface area contributed by atoms with Crippen LogP contribution in [0.25, 0.3) is 16.9 Å². The van der Waals surface area contributed by atoms with Crippen molar-refractivity contribution in [3.8, 4) is 17.2 Å². The number of hydrogen-bond acceptors (Lipinski definition) is 2. The van der Waals surface area contributed by atoms with Crippen LogP contribution in [-0.2, 0) is 6.42 Å². The first-order valence-corrected chi connectivity index (χ1v) is 7.18. The molecule has 2 nitrogen and oxygen atoms in total. The van der Waals surface area contributed by atoms with Crippen LogP contribution in [0.4, 0.5) is 0 Å². The lowest BCUT2D eigenvalue weighted by atomic mass is 9.93. The summed E-state index contributed by atoms with van der Waals surface area (Å²) in [5.41, 5.74) is 4.43. The molecule has 2 aromatic carbocycles. The Morgan fingerprint density at radius 3 is 2.38 bits per heavy atom. The number of hydrogen-bond donors (Lipinski definition) is 1. The van der Waals surface area contributed by atoms with Crippen molar-refractivity contribution >= 4 is 5.76 Å². The quantitative estimate of drug-likeness (QED) is 0.770. The van der Waals surface area contributed by atoms with Gasteiger partial charge in [-0.1, -0.05) is 57.7 Å². The zero-order chi connectivity index (χ0) is 15.8. The molecule has 0 atom stereocenters. The van der Waals surface area contributed by atoms with Crippen LogP contribution < -0.4 is 0 Å². The third-order valence-corrected chi connectivity index (χ3v) is 3.16. The van der Waals surface area contributed by atoms with Gasteiger partial charge in [-0.15, -0.1) is 0 Å². The molecule has 0 aliphatic rings. The molecular weight excluding hydrogens is 258 g/mol. The van der Waals surface area contributed by atoms with Crippen LogP contribution in [0.2, 0.25) is 0 Å². The number of rotatable bonds is 3. The molecule has 0 heterocycles. The molecule has 21 heavy (non-hydrogen) atoms. The first-order chi connectivity index (χ1) is 10.2. The van der Waals surface area contributed by atoms with Crippen molar-refractivity contribution < 1.29 is 5.11 Å². The zero-order valence-corrected chi connectivity index (χ0v) is 12.9. The highest BCUT2D eigenvalue weighted by atomic mass is 16.3. The van der Waals surface area contributed by atoms with Gasteiger partial charge in [-0.3, -0.25) is 0 Å². The van der Waals surface area contributed by atoms with E-state index in [1.165, 1.54) is 0 Å². The summed E-state index contributed by atoms with van der Waals surface area (Å²) in [5.74, 6) is 0.0646. The fraction of sp³-hybridized carbons (Fsp3) is 0.211. The van der Waals surface area contributed by atoms with E-state index in [4.69, 9.17) is 0 Å². The van der Waals surface area contributed by atoms with Gasteiger partial charge in [-0.25, -0.2) is 0 Å². The van der Waals surface area contributed by atoms with Gasteiger partial charge >= 0.3 is 0 Å². The fourth-order valence-corrected chi connectivity index (χ4v) is 2.14. The lowest BCUT2D eigenvalue weighted by molar-refractivity contribution is 0.514. The third kappa shape index (κ3) is 3.73. The highest BCUT2D eigenvalue weighted by Gasteiger charge is 2.09. The Bertz CT molecular complexity index is 666. The van der Waals surface area contributed by atoms with Crippen LogP contribution in [0.5, 0.6) is 0 Å².